The van der Waals surface area contributed by atoms with E-state index in [1.165, 1.54) is 29.2 Å². The van der Waals surface area contributed by atoms with Crippen LogP contribution < -0.4 is 0 Å². The van der Waals surface area contributed by atoms with Gasteiger partial charge in [-0.3, -0.25) is 4.79 Å². The highest BCUT2D eigenvalue weighted by molar-refractivity contribution is 7.99. The number of benzene rings is 2. The van der Waals surface area contributed by atoms with Crippen molar-refractivity contribution in [2.24, 2.45) is 0 Å². The molecular weight excluding hydrogens is 635 g/mol. The number of carbonyl (C=O) groups is 1. The van der Waals surface area contributed by atoms with Gasteiger partial charge in [0, 0.05) is 17.1 Å². The van der Waals surface area contributed by atoms with Crippen LogP contribution in [0.3, 0.4) is 0 Å². The number of aryl methyl sites for hydroxylation is 1. The highest BCUT2D eigenvalue weighted by Gasteiger charge is 2.74. The molecule has 1 N–H and O–H groups in total. The Balaban J connectivity index is 1.69. The van der Waals surface area contributed by atoms with Crippen LogP contribution in [-0.2, 0) is 31.5 Å². The van der Waals surface area contributed by atoms with Gasteiger partial charge >= 0.3 is 18.0 Å². The molecule has 2 aliphatic heterocycles. The van der Waals surface area contributed by atoms with Crippen LogP contribution in [0, 0.1) is 0 Å². The number of hydrogen-bond donors (Lipinski definition) is 1. The fraction of sp³-hybridized carbons (Fsp3) is 0.519. The number of thioether (sulfide) groups is 1. The van der Waals surface area contributed by atoms with Crippen LogP contribution in [0.25, 0.3) is 0 Å². The number of amides is 1. The summed E-state index contributed by atoms with van der Waals surface area (Å²) in [6.45, 7) is -0.134. The van der Waals surface area contributed by atoms with Crippen molar-refractivity contribution >= 4 is 39.1 Å². The summed E-state index contributed by atoms with van der Waals surface area (Å²) in [6.07, 6.45) is -13.0. The standard InChI is InChI=1S/C27H25ClF7NO4S2/c28-18-3-5-19(6-4-18)42(39,40)24-9-12-36(22(37)23(38)10-13-41-14-11-23)21(24)8-1-16-15-17(2-7-20(16)24)25(29,26(30,31)32)27(33,34)35/h2-7,15,21,38H,1,8-14H2. The molecule has 2 unspecified atom stereocenters. The van der Waals surface area contributed by atoms with Gasteiger partial charge < -0.3 is 10.0 Å². The third-order valence-electron chi connectivity index (χ3n) is 8.65. The Kier molecular flexibility index (Phi) is 7.68. The fourth-order valence-corrected chi connectivity index (χ4v) is 10.1. The minimum absolute atomic E-state index is 0.106. The van der Waals surface area contributed by atoms with Crippen LogP contribution in [0.1, 0.15) is 42.4 Å². The number of sulfone groups is 1. The maximum absolute atomic E-state index is 15.0. The van der Waals surface area contributed by atoms with Gasteiger partial charge in [-0.1, -0.05) is 29.8 Å². The smallest absolute Gasteiger partial charge is 0.380 e. The second-order valence-corrected chi connectivity index (χ2v) is 14.7. The summed E-state index contributed by atoms with van der Waals surface area (Å²) in [5.41, 5.74) is -9.43. The lowest BCUT2D eigenvalue weighted by molar-refractivity contribution is -0.348. The van der Waals surface area contributed by atoms with Crippen LogP contribution in [0.15, 0.2) is 47.4 Å². The Hall–Kier alpha value is -2.03. The monoisotopic (exact) mass is 659 g/mol. The van der Waals surface area contributed by atoms with E-state index in [-0.39, 0.29) is 59.7 Å². The van der Waals surface area contributed by atoms with E-state index in [1.54, 1.807) is 11.8 Å². The van der Waals surface area contributed by atoms with Crippen LogP contribution in [0.5, 0.6) is 0 Å². The topological polar surface area (TPSA) is 74.7 Å². The van der Waals surface area contributed by atoms with E-state index in [0.29, 0.717) is 23.6 Å². The molecule has 0 spiro atoms. The van der Waals surface area contributed by atoms with E-state index in [0.717, 1.165) is 6.07 Å². The molecule has 15 heteroatoms. The van der Waals surface area contributed by atoms with Gasteiger partial charge in [0.2, 0.25) is 0 Å². The van der Waals surface area contributed by atoms with Gasteiger partial charge in [0.05, 0.1) is 10.9 Å². The molecule has 2 aromatic rings. The van der Waals surface area contributed by atoms with Crippen LogP contribution >= 0.6 is 23.4 Å². The molecule has 2 saturated heterocycles. The number of halogens is 8. The van der Waals surface area contributed by atoms with E-state index >= 15 is 0 Å². The van der Waals surface area contributed by atoms with Crippen LogP contribution in [0.4, 0.5) is 30.7 Å². The number of fused-ring (bicyclic) bond motifs is 3. The molecule has 42 heavy (non-hydrogen) atoms. The Morgan fingerprint density at radius 3 is 2.12 bits per heavy atom. The number of rotatable bonds is 4. The summed E-state index contributed by atoms with van der Waals surface area (Å²) in [5.74, 6) is 0.339. The Morgan fingerprint density at radius 2 is 1.55 bits per heavy atom. The summed E-state index contributed by atoms with van der Waals surface area (Å²) >= 11 is 7.49. The first kappa shape index (κ1) is 31.4. The molecule has 230 valence electrons. The lowest BCUT2D eigenvalue weighted by Gasteiger charge is -2.44. The van der Waals surface area contributed by atoms with Gasteiger partial charge in [-0.05, 0) is 79.0 Å². The van der Waals surface area contributed by atoms with E-state index in [4.69, 9.17) is 11.6 Å². The lowest BCUT2D eigenvalue weighted by atomic mass is 9.76. The molecule has 2 heterocycles. The summed E-state index contributed by atoms with van der Waals surface area (Å²) in [5, 5.41) is 11.4. The summed E-state index contributed by atoms with van der Waals surface area (Å²) < 4.78 is 123. The Labute approximate surface area is 246 Å². The first-order chi connectivity index (χ1) is 19.4. The second-order valence-electron chi connectivity index (χ2n) is 10.8. The first-order valence-corrected chi connectivity index (χ1v) is 16.0. The van der Waals surface area contributed by atoms with Crippen LogP contribution in [0.2, 0.25) is 5.02 Å². The van der Waals surface area contributed by atoms with E-state index in [1.807, 2.05) is 0 Å². The number of aliphatic hydroxyl groups is 1. The zero-order chi connectivity index (χ0) is 30.9. The number of carbonyl (C=O) groups excluding carboxylic acids is 1. The number of alkyl halides is 7. The van der Waals surface area contributed by atoms with E-state index in [9.17, 15) is 49.1 Å². The van der Waals surface area contributed by atoms with Crippen molar-refractivity contribution in [2.45, 2.75) is 71.4 Å². The zero-order valence-corrected chi connectivity index (χ0v) is 24.1. The second kappa shape index (κ2) is 10.3. The van der Waals surface area contributed by atoms with Crippen molar-refractivity contribution in [3.05, 3.63) is 64.2 Å². The molecule has 0 bridgehead atoms. The number of hydrogen-bond acceptors (Lipinski definition) is 5. The van der Waals surface area contributed by atoms with E-state index < -0.39 is 55.7 Å². The van der Waals surface area contributed by atoms with E-state index in [2.05, 4.69) is 0 Å². The average molecular weight is 660 g/mol. The number of nitrogens with zero attached hydrogens (tertiary/aromatic N) is 1. The summed E-state index contributed by atoms with van der Waals surface area (Å²) in [7, 11) is -4.49. The third kappa shape index (κ3) is 4.54. The molecule has 3 aliphatic rings. The minimum atomic E-state index is -6.34. The van der Waals surface area contributed by atoms with Gasteiger partial charge in [-0.25, -0.2) is 12.8 Å². The molecule has 0 aromatic heterocycles. The Bertz CT molecular complexity index is 1480. The van der Waals surface area contributed by atoms with Crippen molar-refractivity contribution in [3.8, 4) is 0 Å². The molecule has 0 radical (unpaired) electrons. The quantitative estimate of drug-likeness (QED) is 0.402. The molecule has 5 rings (SSSR count). The fourth-order valence-electron chi connectivity index (χ4n) is 6.49. The average Bonchev–Trinajstić information content (AvgIpc) is 3.33. The van der Waals surface area contributed by atoms with Gasteiger partial charge in [0.15, 0.2) is 9.84 Å². The van der Waals surface area contributed by atoms with Crippen molar-refractivity contribution < 1.29 is 49.1 Å². The van der Waals surface area contributed by atoms with Crippen molar-refractivity contribution in [1.29, 1.82) is 0 Å². The first-order valence-electron chi connectivity index (χ1n) is 13.0. The third-order valence-corrected chi connectivity index (χ3v) is 12.4. The maximum atomic E-state index is 15.0. The SMILES string of the molecule is O=C(N1CCC2(S(=O)(=O)c3ccc(Cl)cc3)c3ccc(C(F)(C(F)(F)F)C(F)(F)F)cc3CCC12)C1(O)CCSCC1. The highest BCUT2D eigenvalue weighted by atomic mass is 35.5. The Morgan fingerprint density at radius 1 is 0.952 bits per heavy atom. The molecule has 5 nitrogen and oxygen atoms in total. The van der Waals surface area contributed by atoms with Crippen LogP contribution in [-0.4, -0.2) is 66.4 Å². The highest BCUT2D eigenvalue weighted by Crippen LogP contribution is 2.57. The van der Waals surface area contributed by atoms with Crippen molar-refractivity contribution in [1.82, 2.24) is 4.90 Å². The summed E-state index contributed by atoms with van der Waals surface area (Å²) in [6, 6.07) is 5.54. The predicted molar refractivity (Wildman–Crippen MR) is 142 cm³/mol. The molecular formula is C27H25ClF7NO4S2. The largest absolute Gasteiger partial charge is 0.435 e. The zero-order valence-electron chi connectivity index (χ0n) is 21.7. The molecule has 0 saturated carbocycles. The minimum Gasteiger partial charge on any atom is -0.380 e. The lowest BCUT2D eigenvalue weighted by Crippen LogP contribution is -2.57. The predicted octanol–water partition coefficient (Wildman–Crippen LogP) is 6.10. The molecule has 2 atom stereocenters. The van der Waals surface area contributed by atoms with Gasteiger partial charge in [0.25, 0.3) is 5.91 Å². The maximum Gasteiger partial charge on any atom is 0.435 e. The summed E-state index contributed by atoms with van der Waals surface area (Å²) in [4.78, 5) is 14.8. The van der Waals surface area contributed by atoms with Gasteiger partial charge in [-0.2, -0.15) is 38.1 Å². The molecule has 2 aromatic carbocycles. The molecule has 1 amide bonds. The van der Waals surface area contributed by atoms with Gasteiger partial charge in [0.1, 0.15) is 10.3 Å². The molecule has 1 aliphatic carbocycles. The van der Waals surface area contributed by atoms with Crippen molar-refractivity contribution in [2.75, 3.05) is 18.1 Å². The van der Waals surface area contributed by atoms with Crippen molar-refractivity contribution in [3.63, 3.8) is 0 Å². The normalized spacial score (nSPS) is 24.7. The number of likely N-dealkylation sites (tertiary alicyclic amines) is 1. The molecule has 2 fully saturated rings. The van der Waals surface area contributed by atoms with Gasteiger partial charge in [-0.15, -0.1) is 0 Å².